The highest BCUT2D eigenvalue weighted by Crippen LogP contribution is 2.31. The molecule has 0 aliphatic heterocycles. The van der Waals surface area contributed by atoms with E-state index >= 15 is 0 Å². The summed E-state index contributed by atoms with van der Waals surface area (Å²) >= 11 is 0. The van der Waals surface area contributed by atoms with Gasteiger partial charge in [-0.25, -0.2) is 0 Å². The van der Waals surface area contributed by atoms with Crippen LogP contribution in [-0.2, 0) is 6.42 Å². The first-order valence-electron chi connectivity index (χ1n) is 6.66. The predicted octanol–water partition coefficient (Wildman–Crippen LogP) is 2.87. The second-order valence-corrected chi connectivity index (χ2v) is 5.51. The van der Waals surface area contributed by atoms with Gasteiger partial charge >= 0.3 is 0 Å². The molecule has 2 nitrogen and oxygen atoms in total. The lowest BCUT2D eigenvalue weighted by molar-refractivity contribution is 0.400. The van der Waals surface area contributed by atoms with Gasteiger partial charge in [0.2, 0.25) is 0 Å². The van der Waals surface area contributed by atoms with Crippen molar-refractivity contribution in [3.63, 3.8) is 0 Å². The highest BCUT2D eigenvalue weighted by atomic mass is 15.1. The molecule has 1 aromatic carbocycles. The van der Waals surface area contributed by atoms with E-state index in [4.69, 9.17) is 5.73 Å². The fraction of sp³-hybridized carbons (Fsp3) is 0.600. The van der Waals surface area contributed by atoms with Gasteiger partial charge in [-0.3, -0.25) is 0 Å². The molecule has 1 fully saturated rings. The van der Waals surface area contributed by atoms with E-state index in [1.165, 1.54) is 36.1 Å². The molecular formula is C15H24N2. The van der Waals surface area contributed by atoms with Crippen LogP contribution >= 0.6 is 0 Å². The SMILES string of the molecule is Cc1ccc(N(C)C2CCC2)c(CC(C)N)c1. The Morgan fingerprint density at radius 1 is 1.41 bits per heavy atom. The molecule has 2 rings (SSSR count). The molecule has 0 radical (unpaired) electrons. The van der Waals surface area contributed by atoms with Gasteiger partial charge in [0, 0.05) is 24.8 Å². The predicted molar refractivity (Wildman–Crippen MR) is 74.6 cm³/mol. The van der Waals surface area contributed by atoms with Crippen LogP contribution in [0, 0.1) is 6.92 Å². The molecule has 2 heteroatoms. The van der Waals surface area contributed by atoms with E-state index in [9.17, 15) is 0 Å². The Morgan fingerprint density at radius 2 is 2.12 bits per heavy atom. The Bertz CT molecular complexity index is 381. The number of rotatable bonds is 4. The second-order valence-electron chi connectivity index (χ2n) is 5.51. The van der Waals surface area contributed by atoms with Crippen molar-refractivity contribution < 1.29 is 0 Å². The van der Waals surface area contributed by atoms with E-state index in [2.05, 4.69) is 44.0 Å². The number of hydrogen-bond donors (Lipinski definition) is 1. The third-order valence-electron chi connectivity index (χ3n) is 3.78. The zero-order valence-electron chi connectivity index (χ0n) is 11.2. The molecule has 1 aliphatic rings. The topological polar surface area (TPSA) is 29.3 Å². The highest BCUT2D eigenvalue weighted by Gasteiger charge is 2.23. The van der Waals surface area contributed by atoms with Crippen molar-refractivity contribution in [3.05, 3.63) is 29.3 Å². The van der Waals surface area contributed by atoms with Crippen molar-refractivity contribution in [1.29, 1.82) is 0 Å². The molecule has 0 aromatic heterocycles. The molecule has 1 saturated carbocycles. The van der Waals surface area contributed by atoms with Gasteiger partial charge < -0.3 is 10.6 Å². The lowest BCUT2D eigenvalue weighted by atomic mass is 9.90. The van der Waals surface area contributed by atoms with Crippen LogP contribution in [-0.4, -0.2) is 19.1 Å². The van der Waals surface area contributed by atoms with E-state index in [0.717, 1.165) is 12.5 Å². The van der Waals surface area contributed by atoms with Gasteiger partial charge in [-0.1, -0.05) is 17.7 Å². The first-order valence-corrected chi connectivity index (χ1v) is 6.66. The number of hydrogen-bond acceptors (Lipinski definition) is 2. The van der Waals surface area contributed by atoms with E-state index in [1.54, 1.807) is 0 Å². The minimum absolute atomic E-state index is 0.227. The molecule has 94 valence electrons. The maximum atomic E-state index is 5.95. The highest BCUT2D eigenvalue weighted by molar-refractivity contribution is 5.55. The number of anilines is 1. The van der Waals surface area contributed by atoms with E-state index < -0.39 is 0 Å². The zero-order valence-corrected chi connectivity index (χ0v) is 11.2. The first-order chi connectivity index (χ1) is 8.08. The lowest BCUT2D eigenvalue weighted by Gasteiger charge is -2.37. The maximum Gasteiger partial charge on any atom is 0.0399 e. The Labute approximate surface area is 105 Å². The van der Waals surface area contributed by atoms with Crippen LogP contribution in [0.1, 0.15) is 37.3 Å². The molecular weight excluding hydrogens is 208 g/mol. The minimum atomic E-state index is 0.227. The molecule has 1 aliphatic carbocycles. The largest absolute Gasteiger partial charge is 0.371 e. The normalized spacial score (nSPS) is 17.6. The van der Waals surface area contributed by atoms with Gasteiger partial charge in [0.05, 0.1) is 0 Å². The summed E-state index contributed by atoms with van der Waals surface area (Å²) in [6.45, 7) is 4.23. The van der Waals surface area contributed by atoms with Crippen molar-refractivity contribution in [2.45, 2.75) is 51.6 Å². The van der Waals surface area contributed by atoms with Crippen LogP contribution < -0.4 is 10.6 Å². The third-order valence-corrected chi connectivity index (χ3v) is 3.78. The number of nitrogens with two attached hydrogens (primary N) is 1. The first kappa shape index (κ1) is 12.4. The molecule has 0 bridgehead atoms. The second kappa shape index (κ2) is 5.09. The monoisotopic (exact) mass is 232 g/mol. The van der Waals surface area contributed by atoms with Gasteiger partial charge in [-0.2, -0.15) is 0 Å². The number of benzene rings is 1. The van der Waals surface area contributed by atoms with Crippen LogP contribution in [0.4, 0.5) is 5.69 Å². The molecule has 1 aromatic rings. The summed E-state index contributed by atoms with van der Waals surface area (Å²) in [6.07, 6.45) is 5.02. The van der Waals surface area contributed by atoms with Crippen molar-refractivity contribution >= 4 is 5.69 Å². The molecule has 1 unspecified atom stereocenters. The molecule has 0 spiro atoms. The standard InChI is InChI=1S/C15H24N2/c1-11-7-8-15(13(9-11)10-12(2)16)17(3)14-5-4-6-14/h7-9,12,14H,4-6,10,16H2,1-3H3. The molecule has 0 saturated heterocycles. The molecule has 0 amide bonds. The Hall–Kier alpha value is -1.02. The smallest absolute Gasteiger partial charge is 0.0399 e. The van der Waals surface area contributed by atoms with Gasteiger partial charge in [-0.05, 0) is 51.2 Å². The van der Waals surface area contributed by atoms with Crippen LogP contribution in [0.5, 0.6) is 0 Å². The summed E-state index contributed by atoms with van der Waals surface area (Å²) in [7, 11) is 2.22. The Morgan fingerprint density at radius 3 is 2.65 bits per heavy atom. The van der Waals surface area contributed by atoms with Crippen molar-refractivity contribution in [1.82, 2.24) is 0 Å². The summed E-state index contributed by atoms with van der Waals surface area (Å²) in [5.74, 6) is 0. The van der Waals surface area contributed by atoms with Gasteiger partial charge in [0.1, 0.15) is 0 Å². The summed E-state index contributed by atoms with van der Waals surface area (Å²) in [6, 6.07) is 7.71. The van der Waals surface area contributed by atoms with Crippen LogP contribution in [0.3, 0.4) is 0 Å². The molecule has 0 heterocycles. The van der Waals surface area contributed by atoms with E-state index in [-0.39, 0.29) is 6.04 Å². The van der Waals surface area contributed by atoms with Gasteiger partial charge in [-0.15, -0.1) is 0 Å². The molecule has 17 heavy (non-hydrogen) atoms. The average molecular weight is 232 g/mol. The summed E-state index contributed by atoms with van der Waals surface area (Å²) < 4.78 is 0. The summed E-state index contributed by atoms with van der Waals surface area (Å²) in [4.78, 5) is 2.45. The van der Waals surface area contributed by atoms with E-state index in [1.807, 2.05) is 0 Å². The van der Waals surface area contributed by atoms with Gasteiger partial charge in [0.15, 0.2) is 0 Å². The Balaban J connectivity index is 2.24. The Kier molecular flexibility index (Phi) is 3.72. The third kappa shape index (κ3) is 2.81. The van der Waals surface area contributed by atoms with Crippen molar-refractivity contribution in [2.24, 2.45) is 5.73 Å². The quantitative estimate of drug-likeness (QED) is 0.865. The molecule has 1 atom stereocenters. The number of nitrogens with zero attached hydrogens (tertiary/aromatic N) is 1. The van der Waals surface area contributed by atoms with Crippen LogP contribution in [0.25, 0.3) is 0 Å². The van der Waals surface area contributed by atoms with Crippen molar-refractivity contribution in [2.75, 3.05) is 11.9 Å². The van der Waals surface area contributed by atoms with Gasteiger partial charge in [0.25, 0.3) is 0 Å². The lowest BCUT2D eigenvalue weighted by Crippen LogP contribution is -2.38. The molecule has 2 N–H and O–H groups in total. The maximum absolute atomic E-state index is 5.95. The minimum Gasteiger partial charge on any atom is -0.371 e. The van der Waals surface area contributed by atoms with Crippen LogP contribution in [0.2, 0.25) is 0 Å². The summed E-state index contributed by atoms with van der Waals surface area (Å²) in [5.41, 5.74) is 10.0. The average Bonchev–Trinajstić information content (AvgIpc) is 2.13. The fourth-order valence-electron chi connectivity index (χ4n) is 2.54. The van der Waals surface area contributed by atoms with E-state index in [0.29, 0.717) is 0 Å². The number of aryl methyl sites for hydroxylation is 1. The van der Waals surface area contributed by atoms with Crippen LogP contribution in [0.15, 0.2) is 18.2 Å². The van der Waals surface area contributed by atoms with Crippen molar-refractivity contribution in [3.8, 4) is 0 Å². The fourth-order valence-corrected chi connectivity index (χ4v) is 2.54. The zero-order chi connectivity index (χ0) is 12.4. The summed E-state index contributed by atoms with van der Waals surface area (Å²) in [5, 5.41) is 0.